The van der Waals surface area contributed by atoms with Crippen LogP contribution in [0.25, 0.3) is 0 Å². The Morgan fingerprint density at radius 2 is 1.78 bits per heavy atom. The van der Waals surface area contributed by atoms with Crippen molar-refractivity contribution in [3.63, 3.8) is 0 Å². The number of hydrogen-bond acceptors (Lipinski definition) is 8. The molecule has 0 aliphatic rings. The summed E-state index contributed by atoms with van der Waals surface area (Å²) in [6.45, 7) is 20.8. The van der Waals surface area contributed by atoms with Gasteiger partial charge in [-0.1, -0.05) is 48.5 Å². The molecule has 0 aliphatic heterocycles. The summed E-state index contributed by atoms with van der Waals surface area (Å²) in [6.07, 6.45) is 0.243. The lowest BCUT2D eigenvalue weighted by molar-refractivity contribution is -0.116. The maximum absolute atomic E-state index is 15.3. The lowest BCUT2D eigenvalue weighted by atomic mass is 9.85. The summed E-state index contributed by atoms with van der Waals surface area (Å²) < 4.78 is 48.8. The van der Waals surface area contributed by atoms with E-state index in [1.807, 2.05) is 33.0 Å². The van der Waals surface area contributed by atoms with Crippen LogP contribution in [0.1, 0.15) is 101 Å². The molecule has 1 aromatic carbocycles. The maximum atomic E-state index is 15.3. The molecule has 0 bridgehead atoms. The van der Waals surface area contributed by atoms with Crippen LogP contribution in [0.5, 0.6) is 0 Å². The number of Topliss-reactive ketones (excluding diaryl/α,β-unsaturated/α-hetero) is 1. The molecule has 228 valence electrons. The molecule has 1 heterocycles. The fourth-order valence-corrected chi connectivity index (χ4v) is 7.99. The van der Waals surface area contributed by atoms with Crippen LogP contribution in [0.15, 0.2) is 10.3 Å². The van der Waals surface area contributed by atoms with Gasteiger partial charge in [0.15, 0.2) is 23.9 Å². The van der Waals surface area contributed by atoms with Gasteiger partial charge in [-0.3, -0.25) is 4.79 Å². The molecule has 0 saturated heterocycles. The number of benzene rings is 1. The minimum atomic E-state index is -4.16. The molecule has 2 rings (SSSR count). The number of carbonyl (C=O) groups excluding carboxylic acids is 1. The lowest BCUT2D eigenvalue weighted by Crippen LogP contribution is -2.40. The molecule has 7 nitrogen and oxygen atoms in total. The van der Waals surface area contributed by atoms with E-state index in [0.717, 1.165) is 11.3 Å². The second-order valence-corrected chi connectivity index (χ2v) is 21.5. The second kappa shape index (κ2) is 12.7. The first-order valence-corrected chi connectivity index (χ1v) is 19.2. The second-order valence-electron chi connectivity index (χ2n) is 13.5. The van der Waals surface area contributed by atoms with E-state index in [9.17, 15) is 23.6 Å². The van der Waals surface area contributed by atoms with E-state index in [4.69, 9.17) is 4.43 Å². The summed E-state index contributed by atoms with van der Waals surface area (Å²) in [5, 5.41) is 20.2. The highest BCUT2D eigenvalue weighted by atomic mass is 32.2. The van der Waals surface area contributed by atoms with E-state index in [1.165, 1.54) is 19.9 Å². The predicted molar refractivity (Wildman–Crippen MR) is 164 cm³/mol. The van der Waals surface area contributed by atoms with Crippen LogP contribution in [-0.4, -0.2) is 38.4 Å². The molecular formula is C30H45FN2O5S2Si. The Hall–Kier alpha value is -1.97. The summed E-state index contributed by atoms with van der Waals surface area (Å²) in [5.74, 6) is -2.19. The third-order valence-electron chi connectivity index (χ3n) is 7.40. The van der Waals surface area contributed by atoms with Crippen LogP contribution in [0, 0.1) is 23.1 Å². The van der Waals surface area contributed by atoms with E-state index in [-0.39, 0.29) is 55.9 Å². The predicted octanol–water partition coefficient (Wildman–Crippen LogP) is 6.81. The quantitative estimate of drug-likeness (QED) is 0.258. The average molecular weight is 625 g/mol. The Morgan fingerprint density at radius 1 is 1.20 bits per heavy atom. The first-order chi connectivity index (χ1) is 18.5. The number of ketones is 1. The van der Waals surface area contributed by atoms with E-state index in [0.29, 0.717) is 17.5 Å². The number of halogens is 1. The molecule has 0 aliphatic carbocycles. The molecule has 0 amide bonds. The van der Waals surface area contributed by atoms with E-state index in [2.05, 4.69) is 25.8 Å². The van der Waals surface area contributed by atoms with Crippen molar-refractivity contribution >= 4 is 35.3 Å². The van der Waals surface area contributed by atoms with Gasteiger partial charge < -0.3 is 9.53 Å². The SMILES string of the molecule is CC(C)Cc1cc(C#N)c(F)c(C(C)C)c1CC(=O)CS(=O)(=O)c1sc(C(C)(C)O)nc1CO[Si](C)(C)C(C)(C)C. The first kappa shape index (κ1) is 35.2. The number of nitriles is 1. The Labute approximate surface area is 250 Å². The van der Waals surface area contributed by atoms with Gasteiger partial charge >= 0.3 is 0 Å². The van der Waals surface area contributed by atoms with Gasteiger partial charge in [-0.15, -0.1) is 11.3 Å². The van der Waals surface area contributed by atoms with Crippen LogP contribution in [0.3, 0.4) is 0 Å². The number of thiazole rings is 1. The van der Waals surface area contributed by atoms with Gasteiger partial charge in [0, 0.05) is 6.42 Å². The third-order valence-corrected chi connectivity index (χ3v) is 15.6. The van der Waals surface area contributed by atoms with Crippen LogP contribution >= 0.6 is 11.3 Å². The maximum Gasteiger partial charge on any atom is 0.196 e. The van der Waals surface area contributed by atoms with Crippen molar-refractivity contribution in [2.24, 2.45) is 5.92 Å². The fourth-order valence-electron chi connectivity index (χ4n) is 4.21. The Balaban J connectivity index is 2.52. The summed E-state index contributed by atoms with van der Waals surface area (Å²) in [5.41, 5.74) is 0.120. The van der Waals surface area contributed by atoms with Crippen LogP contribution in [0.2, 0.25) is 18.1 Å². The molecule has 0 spiro atoms. The number of carbonyl (C=O) groups is 1. The van der Waals surface area contributed by atoms with Gasteiger partial charge in [-0.2, -0.15) is 5.26 Å². The van der Waals surface area contributed by atoms with Crippen molar-refractivity contribution in [1.29, 1.82) is 5.26 Å². The average Bonchev–Trinajstić information content (AvgIpc) is 3.24. The summed E-state index contributed by atoms with van der Waals surface area (Å²) in [6, 6.07) is 3.39. The van der Waals surface area contributed by atoms with E-state index < -0.39 is 41.1 Å². The van der Waals surface area contributed by atoms with Gasteiger partial charge in [-0.05, 0) is 73.0 Å². The number of sulfone groups is 1. The number of hydrogen-bond donors (Lipinski definition) is 1. The molecule has 2 aromatic rings. The number of nitrogens with zero attached hydrogens (tertiary/aromatic N) is 2. The normalized spacial score (nSPS) is 13.2. The Morgan fingerprint density at radius 3 is 2.24 bits per heavy atom. The molecule has 0 radical (unpaired) electrons. The Kier molecular flexibility index (Phi) is 10.9. The van der Waals surface area contributed by atoms with E-state index in [1.54, 1.807) is 13.8 Å². The summed E-state index contributed by atoms with van der Waals surface area (Å²) >= 11 is 0.845. The third kappa shape index (κ3) is 8.54. The summed E-state index contributed by atoms with van der Waals surface area (Å²) in [7, 11) is -6.42. The highest BCUT2D eigenvalue weighted by Crippen LogP contribution is 2.39. The van der Waals surface area contributed by atoms with Crippen molar-refractivity contribution in [2.45, 2.75) is 116 Å². The highest BCUT2D eigenvalue weighted by molar-refractivity contribution is 7.94. The van der Waals surface area contributed by atoms with Crippen molar-refractivity contribution in [2.75, 3.05) is 5.75 Å². The topological polar surface area (TPSA) is 117 Å². The zero-order chi connectivity index (χ0) is 31.7. The minimum Gasteiger partial charge on any atom is -0.411 e. The molecular weight excluding hydrogens is 580 g/mol. The minimum absolute atomic E-state index is 0.0529. The zero-order valence-electron chi connectivity index (χ0n) is 26.2. The van der Waals surface area contributed by atoms with Crippen molar-refractivity contribution in [1.82, 2.24) is 4.98 Å². The van der Waals surface area contributed by atoms with Gasteiger partial charge in [0.1, 0.15) is 32.5 Å². The van der Waals surface area contributed by atoms with Gasteiger partial charge in [-0.25, -0.2) is 17.8 Å². The van der Waals surface area contributed by atoms with Crippen molar-refractivity contribution < 1.29 is 27.1 Å². The smallest absolute Gasteiger partial charge is 0.196 e. The van der Waals surface area contributed by atoms with Crippen LogP contribution in [-0.2, 0) is 44.1 Å². The molecule has 0 fully saturated rings. The van der Waals surface area contributed by atoms with Crippen LogP contribution in [0.4, 0.5) is 4.39 Å². The van der Waals surface area contributed by atoms with Gasteiger partial charge in [0.05, 0.1) is 17.9 Å². The first-order valence-electron chi connectivity index (χ1n) is 13.9. The molecule has 11 heteroatoms. The molecule has 1 aromatic heterocycles. The van der Waals surface area contributed by atoms with Gasteiger partial charge in [0.2, 0.25) is 0 Å². The summed E-state index contributed by atoms with van der Waals surface area (Å²) in [4.78, 5) is 17.8. The fraction of sp³-hybridized carbons (Fsp3) is 0.633. The molecule has 0 unspecified atom stereocenters. The lowest BCUT2D eigenvalue weighted by Gasteiger charge is -2.36. The molecule has 1 N–H and O–H groups in total. The highest BCUT2D eigenvalue weighted by Gasteiger charge is 2.39. The zero-order valence-corrected chi connectivity index (χ0v) is 28.9. The largest absolute Gasteiger partial charge is 0.411 e. The van der Waals surface area contributed by atoms with Crippen LogP contribution < -0.4 is 0 Å². The Bertz CT molecular complexity index is 1430. The molecule has 41 heavy (non-hydrogen) atoms. The van der Waals surface area contributed by atoms with Crippen molar-refractivity contribution in [3.8, 4) is 6.07 Å². The number of aliphatic hydroxyl groups is 1. The van der Waals surface area contributed by atoms with Gasteiger partial charge in [0.25, 0.3) is 0 Å². The molecule has 0 atom stereocenters. The monoisotopic (exact) mass is 624 g/mol. The number of rotatable bonds is 12. The van der Waals surface area contributed by atoms with Crippen molar-refractivity contribution in [3.05, 3.63) is 44.8 Å². The molecule has 0 saturated carbocycles. The number of aromatic nitrogens is 1. The van der Waals surface area contributed by atoms with E-state index >= 15 is 4.39 Å². The standard InChI is InChI=1S/C30H45FN2O5S2Si/c1-18(2)12-20-13-21(15-32)26(31)25(19(3)4)23(20)14-22(34)17-40(36,37)27-24(33-28(39-27)30(8,9)35)16-38-41(10,11)29(5,6)7/h13,18-19,35H,12,14,16-17H2,1-11H3.